The van der Waals surface area contributed by atoms with Crippen molar-refractivity contribution in [2.75, 3.05) is 19.8 Å². The zero-order valence-corrected chi connectivity index (χ0v) is 11.6. The zero-order chi connectivity index (χ0) is 14.1. The third-order valence-corrected chi connectivity index (χ3v) is 3.28. The van der Waals surface area contributed by atoms with Crippen molar-refractivity contribution in [3.8, 4) is 0 Å². The quantitative estimate of drug-likeness (QED) is 0.447. The molecule has 1 rings (SSSR count). The molecule has 1 aliphatic rings. The highest BCUT2D eigenvalue weighted by atomic mass is 16.6. The third-order valence-electron chi connectivity index (χ3n) is 3.28. The van der Waals surface area contributed by atoms with Crippen LogP contribution >= 0.6 is 0 Å². The second-order valence-corrected chi connectivity index (χ2v) is 4.88. The fourth-order valence-corrected chi connectivity index (χ4v) is 2.09. The molecule has 0 bridgehead atoms. The monoisotopic (exact) mass is 274 g/mol. The maximum absolute atomic E-state index is 9.88. The van der Waals surface area contributed by atoms with E-state index < -0.39 is 24.4 Å². The topological polar surface area (TPSA) is 79.2 Å². The van der Waals surface area contributed by atoms with Gasteiger partial charge >= 0.3 is 0 Å². The molecule has 1 fully saturated rings. The Morgan fingerprint density at radius 3 is 2.74 bits per heavy atom. The van der Waals surface area contributed by atoms with Gasteiger partial charge in [0.05, 0.1) is 19.8 Å². The van der Waals surface area contributed by atoms with Crippen LogP contribution in [0, 0.1) is 0 Å². The Labute approximate surface area is 114 Å². The van der Waals surface area contributed by atoms with Crippen molar-refractivity contribution in [1.29, 1.82) is 0 Å². The van der Waals surface area contributed by atoms with Gasteiger partial charge in [0.25, 0.3) is 0 Å². The number of unbranched alkanes of at least 4 members (excludes halogenated alkanes) is 3. The van der Waals surface area contributed by atoms with Gasteiger partial charge < -0.3 is 24.8 Å². The van der Waals surface area contributed by atoms with Crippen LogP contribution in [0.4, 0.5) is 0 Å². The summed E-state index contributed by atoms with van der Waals surface area (Å²) in [4.78, 5) is 0. The number of ether oxygens (including phenoxy) is 2. The molecule has 1 saturated heterocycles. The van der Waals surface area contributed by atoms with Crippen LogP contribution < -0.4 is 0 Å². The Hall–Kier alpha value is -0.460. The van der Waals surface area contributed by atoms with E-state index in [1.807, 2.05) is 6.08 Å². The summed E-state index contributed by atoms with van der Waals surface area (Å²) in [5, 5.41) is 28.6. The van der Waals surface area contributed by atoms with Crippen LogP contribution in [0.15, 0.2) is 12.2 Å². The lowest BCUT2D eigenvalue weighted by Gasteiger charge is -2.36. The van der Waals surface area contributed by atoms with Crippen molar-refractivity contribution in [3.05, 3.63) is 12.2 Å². The van der Waals surface area contributed by atoms with Crippen LogP contribution in [0.5, 0.6) is 0 Å². The summed E-state index contributed by atoms with van der Waals surface area (Å²) in [5.74, 6) is 0. The maximum Gasteiger partial charge on any atom is 0.114 e. The van der Waals surface area contributed by atoms with Gasteiger partial charge in [-0.2, -0.15) is 0 Å². The minimum Gasteiger partial charge on any atom is -0.394 e. The average molecular weight is 274 g/mol. The van der Waals surface area contributed by atoms with Crippen LogP contribution in [0.2, 0.25) is 0 Å². The molecule has 0 saturated carbocycles. The van der Waals surface area contributed by atoms with E-state index in [0.29, 0.717) is 6.61 Å². The van der Waals surface area contributed by atoms with Crippen LogP contribution in [0.3, 0.4) is 0 Å². The minimum absolute atomic E-state index is 0.0766. The van der Waals surface area contributed by atoms with Gasteiger partial charge in [-0.1, -0.05) is 31.9 Å². The van der Waals surface area contributed by atoms with Gasteiger partial charge in [0.2, 0.25) is 0 Å². The molecule has 3 N–H and O–H groups in total. The predicted molar refractivity (Wildman–Crippen MR) is 71.9 cm³/mol. The molecule has 0 aromatic carbocycles. The molecule has 0 aliphatic carbocycles. The first-order chi connectivity index (χ1) is 9.20. The van der Waals surface area contributed by atoms with Crippen molar-refractivity contribution < 1.29 is 24.8 Å². The maximum atomic E-state index is 9.88. The highest BCUT2D eigenvalue weighted by molar-refractivity contribution is 4.89. The summed E-state index contributed by atoms with van der Waals surface area (Å²) in [6.45, 7) is 2.31. The van der Waals surface area contributed by atoms with Crippen molar-refractivity contribution in [2.24, 2.45) is 0 Å². The SMILES string of the molecule is CCCCC/C=C/CO[C@H]1[C@H](O)[C@@H](CO)OC[C@@H]1O. The van der Waals surface area contributed by atoms with Gasteiger partial charge in [-0.15, -0.1) is 0 Å². The van der Waals surface area contributed by atoms with E-state index in [1.54, 1.807) is 0 Å². The Kier molecular flexibility index (Phi) is 8.25. The first kappa shape index (κ1) is 16.6. The fraction of sp³-hybridized carbons (Fsp3) is 0.857. The number of rotatable bonds is 8. The first-order valence-corrected chi connectivity index (χ1v) is 7.05. The molecule has 0 spiro atoms. The number of hydrogen-bond donors (Lipinski definition) is 3. The van der Waals surface area contributed by atoms with Crippen LogP contribution in [-0.2, 0) is 9.47 Å². The van der Waals surface area contributed by atoms with Gasteiger partial charge in [0.1, 0.15) is 24.4 Å². The van der Waals surface area contributed by atoms with Crippen molar-refractivity contribution >= 4 is 0 Å². The largest absolute Gasteiger partial charge is 0.394 e. The Bertz CT molecular complexity index is 256. The number of aliphatic hydroxyl groups excluding tert-OH is 3. The van der Waals surface area contributed by atoms with Gasteiger partial charge in [-0.05, 0) is 12.8 Å². The molecule has 4 atom stereocenters. The molecule has 0 aromatic rings. The van der Waals surface area contributed by atoms with Gasteiger partial charge in [0.15, 0.2) is 0 Å². The number of hydrogen-bond acceptors (Lipinski definition) is 5. The van der Waals surface area contributed by atoms with E-state index in [4.69, 9.17) is 14.6 Å². The molecule has 5 heteroatoms. The molecule has 112 valence electrons. The molecule has 1 aliphatic heterocycles. The molecule has 0 amide bonds. The Balaban J connectivity index is 2.26. The summed E-state index contributed by atoms with van der Waals surface area (Å²) < 4.78 is 10.6. The van der Waals surface area contributed by atoms with E-state index in [2.05, 4.69) is 13.0 Å². The van der Waals surface area contributed by atoms with Gasteiger partial charge in [-0.25, -0.2) is 0 Å². The normalized spacial score (nSPS) is 32.0. The predicted octanol–water partition coefficient (Wildman–Crippen LogP) is 0.621. The second kappa shape index (κ2) is 9.44. The van der Waals surface area contributed by atoms with E-state index in [0.717, 1.165) is 6.42 Å². The third kappa shape index (κ3) is 5.58. The summed E-state index contributed by atoms with van der Waals surface area (Å²) in [7, 11) is 0. The summed E-state index contributed by atoms with van der Waals surface area (Å²) in [5.41, 5.74) is 0. The zero-order valence-electron chi connectivity index (χ0n) is 11.6. The van der Waals surface area contributed by atoms with Crippen molar-refractivity contribution in [1.82, 2.24) is 0 Å². The standard InChI is InChI=1S/C14H26O5/c1-2-3-4-5-6-7-8-18-14-11(16)10-19-12(9-15)13(14)17/h6-7,11-17H,2-5,8-10H2,1H3/b7-6+/t11-,12+,13+,14+/m0/s1. The van der Waals surface area contributed by atoms with E-state index in [-0.39, 0.29) is 13.2 Å². The Morgan fingerprint density at radius 2 is 2.05 bits per heavy atom. The first-order valence-electron chi connectivity index (χ1n) is 7.05. The lowest BCUT2D eigenvalue weighted by Crippen LogP contribution is -2.55. The van der Waals surface area contributed by atoms with Gasteiger partial charge in [0, 0.05) is 0 Å². The highest BCUT2D eigenvalue weighted by Crippen LogP contribution is 2.18. The smallest absolute Gasteiger partial charge is 0.114 e. The van der Waals surface area contributed by atoms with E-state index >= 15 is 0 Å². The molecular formula is C14H26O5. The molecule has 0 unspecified atom stereocenters. The fourth-order valence-electron chi connectivity index (χ4n) is 2.09. The Morgan fingerprint density at radius 1 is 1.26 bits per heavy atom. The summed E-state index contributed by atoms with van der Waals surface area (Å²) >= 11 is 0. The average Bonchev–Trinajstić information content (AvgIpc) is 2.41. The summed E-state index contributed by atoms with van der Waals surface area (Å²) in [6.07, 6.45) is 5.34. The van der Waals surface area contributed by atoms with Crippen molar-refractivity contribution in [3.63, 3.8) is 0 Å². The minimum atomic E-state index is -0.998. The van der Waals surface area contributed by atoms with Crippen LogP contribution in [0.25, 0.3) is 0 Å². The van der Waals surface area contributed by atoms with Crippen LogP contribution in [0.1, 0.15) is 32.6 Å². The molecule has 1 heterocycles. The lowest BCUT2D eigenvalue weighted by atomic mass is 10.0. The van der Waals surface area contributed by atoms with E-state index in [1.165, 1.54) is 19.3 Å². The molecule has 5 nitrogen and oxygen atoms in total. The molecular weight excluding hydrogens is 248 g/mol. The van der Waals surface area contributed by atoms with Gasteiger partial charge in [-0.3, -0.25) is 0 Å². The molecule has 0 aromatic heterocycles. The number of allylic oxidation sites excluding steroid dienone is 1. The second-order valence-electron chi connectivity index (χ2n) is 4.88. The van der Waals surface area contributed by atoms with Crippen molar-refractivity contribution in [2.45, 2.75) is 57.0 Å². The lowest BCUT2D eigenvalue weighted by molar-refractivity contribution is -0.207. The molecule has 19 heavy (non-hydrogen) atoms. The highest BCUT2D eigenvalue weighted by Gasteiger charge is 2.38. The van der Waals surface area contributed by atoms with E-state index in [9.17, 15) is 10.2 Å². The number of aliphatic hydroxyl groups is 3. The summed E-state index contributed by atoms with van der Waals surface area (Å²) in [6, 6.07) is 0. The van der Waals surface area contributed by atoms with Crippen LogP contribution in [-0.4, -0.2) is 59.6 Å². The molecule has 0 radical (unpaired) electrons.